The fourth-order valence-corrected chi connectivity index (χ4v) is 2.68. The molecule has 2 rings (SSSR count). The molecule has 1 aromatic rings. The number of likely N-dealkylation sites (N-methyl/N-ethyl adjacent to an activating group) is 1. The largest absolute Gasteiger partial charge is 0.340 e. The summed E-state index contributed by atoms with van der Waals surface area (Å²) in [5.74, 6) is -0.632. The summed E-state index contributed by atoms with van der Waals surface area (Å²) in [6.07, 6.45) is 1.36. The first-order valence-corrected chi connectivity index (χ1v) is 7.90. The van der Waals surface area contributed by atoms with Crippen LogP contribution in [0.15, 0.2) is 24.3 Å². The number of amides is 4. The predicted octanol–water partition coefficient (Wildman–Crippen LogP) is 2.02. The molecule has 23 heavy (non-hydrogen) atoms. The molecule has 0 spiro atoms. The van der Waals surface area contributed by atoms with E-state index in [0.29, 0.717) is 18.0 Å². The third-order valence-corrected chi connectivity index (χ3v) is 3.95. The van der Waals surface area contributed by atoms with Crippen molar-refractivity contribution in [1.29, 1.82) is 0 Å². The summed E-state index contributed by atoms with van der Waals surface area (Å²) in [5.41, 5.74) is 0.884. The van der Waals surface area contributed by atoms with Gasteiger partial charge in [-0.2, -0.15) is 0 Å². The quantitative estimate of drug-likeness (QED) is 0.807. The Labute approximate surface area is 140 Å². The van der Waals surface area contributed by atoms with Gasteiger partial charge in [-0.1, -0.05) is 37.1 Å². The molecule has 1 aliphatic heterocycles. The molecule has 6 nitrogen and oxygen atoms in total. The molecule has 124 valence electrons. The van der Waals surface area contributed by atoms with Gasteiger partial charge >= 0.3 is 6.03 Å². The molecule has 0 aliphatic carbocycles. The lowest BCUT2D eigenvalue weighted by atomic mass is 10.2. The van der Waals surface area contributed by atoms with E-state index in [1.807, 2.05) is 19.1 Å². The number of imide groups is 1. The van der Waals surface area contributed by atoms with Gasteiger partial charge in [0.05, 0.1) is 0 Å². The second-order valence-corrected chi connectivity index (χ2v) is 6.03. The predicted molar refractivity (Wildman–Crippen MR) is 86.9 cm³/mol. The van der Waals surface area contributed by atoms with E-state index < -0.39 is 12.1 Å². The van der Waals surface area contributed by atoms with E-state index in [2.05, 4.69) is 5.32 Å². The Balaban J connectivity index is 1.95. The first-order valence-electron chi connectivity index (χ1n) is 7.52. The fraction of sp³-hybridized carbons (Fsp3) is 0.438. The minimum absolute atomic E-state index is 0.248. The normalized spacial score (nSPS) is 17.3. The van der Waals surface area contributed by atoms with E-state index in [9.17, 15) is 14.4 Å². The summed E-state index contributed by atoms with van der Waals surface area (Å²) in [4.78, 5) is 38.7. The zero-order valence-electron chi connectivity index (χ0n) is 13.2. The van der Waals surface area contributed by atoms with Crippen molar-refractivity contribution in [1.82, 2.24) is 15.1 Å². The summed E-state index contributed by atoms with van der Waals surface area (Å²) in [6, 6.07) is 6.18. The maximum atomic E-state index is 12.3. The van der Waals surface area contributed by atoms with Crippen molar-refractivity contribution in [3.8, 4) is 0 Å². The summed E-state index contributed by atoms with van der Waals surface area (Å²) in [5, 5.41) is 3.20. The Morgan fingerprint density at radius 1 is 1.39 bits per heavy atom. The van der Waals surface area contributed by atoms with Gasteiger partial charge < -0.3 is 10.2 Å². The molecular formula is C16H20ClN3O3. The van der Waals surface area contributed by atoms with E-state index in [-0.39, 0.29) is 18.4 Å². The SMILES string of the molecule is CCC[C@@H]1NC(=O)N(CC(=O)N(C)Cc2cccc(Cl)c2)C1=O. The highest BCUT2D eigenvalue weighted by atomic mass is 35.5. The molecule has 1 aromatic carbocycles. The zero-order chi connectivity index (χ0) is 17.0. The third kappa shape index (κ3) is 4.22. The van der Waals surface area contributed by atoms with E-state index in [4.69, 9.17) is 11.6 Å². The van der Waals surface area contributed by atoms with Gasteiger partial charge in [0, 0.05) is 18.6 Å². The highest BCUT2D eigenvalue weighted by Gasteiger charge is 2.38. The van der Waals surface area contributed by atoms with Crippen LogP contribution < -0.4 is 5.32 Å². The monoisotopic (exact) mass is 337 g/mol. The lowest BCUT2D eigenvalue weighted by Gasteiger charge is -2.20. The van der Waals surface area contributed by atoms with Gasteiger partial charge in [-0.05, 0) is 24.1 Å². The van der Waals surface area contributed by atoms with Crippen molar-refractivity contribution < 1.29 is 14.4 Å². The minimum atomic E-state index is -0.515. The molecular weight excluding hydrogens is 318 g/mol. The molecule has 0 aromatic heterocycles. The average Bonchev–Trinajstić information content (AvgIpc) is 2.75. The average molecular weight is 338 g/mol. The fourth-order valence-electron chi connectivity index (χ4n) is 2.46. The molecule has 0 radical (unpaired) electrons. The van der Waals surface area contributed by atoms with Crippen LogP contribution in [0, 0.1) is 0 Å². The summed E-state index contributed by atoms with van der Waals surface area (Å²) >= 11 is 5.92. The van der Waals surface area contributed by atoms with Crippen LogP contribution in [0.5, 0.6) is 0 Å². The number of nitrogens with zero attached hydrogens (tertiary/aromatic N) is 2. The molecule has 1 heterocycles. The maximum Gasteiger partial charge on any atom is 0.325 e. The number of benzene rings is 1. The number of carbonyl (C=O) groups is 3. The number of rotatable bonds is 6. The Hall–Kier alpha value is -2.08. The molecule has 1 saturated heterocycles. The summed E-state index contributed by atoms with van der Waals surface area (Å²) < 4.78 is 0. The lowest BCUT2D eigenvalue weighted by molar-refractivity contribution is -0.136. The Morgan fingerprint density at radius 2 is 2.13 bits per heavy atom. The van der Waals surface area contributed by atoms with Crippen LogP contribution in [-0.2, 0) is 16.1 Å². The van der Waals surface area contributed by atoms with Crippen LogP contribution in [0.4, 0.5) is 4.79 Å². The van der Waals surface area contributed by atoms with Crippen LogP contribution in [0.2, 0.25) is 5.02 Å². The molecule has 0 saturated carbocycles. The standard InChI is InChI=1S/C16H20ClN3O3/c1-3-5-13-15(22)20(16(23)18-13)10-14(21)19(2)9-11-6-4-7-12(17)8-11/h4,6-8,13H,3,5,9-10H2,1-2H3,(H,18,23)/t13-/m0/s1. The second-order valence-electron chi connectivity index (χ2n) is 5.59. The van der Waals surface area contributed by atoms with Crippen molar-refractivity contribution in [3.05, 3.63) is 34.9 Å². The molecule has 0 unspecified atom stereocenters. The van der Waals surface area contributed by atoms with Gasteiger partial charge in [-0.3, -0.25) is 14.5 Å². The van der Waals surface area contributed by atoms with Gasteiger partial charge in [0.1, 0.15) is 12.6 Å². The molecule has 7 heteroatoms. The summed E-state index contributed by atoms with van der Waals surface area (Å²) in [6.45, 7) is 2.05. The van der Waals surface area contributed by atoms with Gasteiger partial charge in [-0.25, -0.2) is 4.79 Å². The molecule has 1 atom stereocenters. The summed E-state index contributed by atoms with van der Waals surface area (Å²) in [7, 11) is 1.63. The van der Waals surface area contributed by atoms with Crippen LogP contribution in [0.25, 0.3) is 0 Å². The second kappa shape index (κ2) is 7.46. The molecule has 1 fully saturated rings. The van der Waals surface area contributed by atoms with E-state index in [0.717, 1.165) is 16.9 Å². The van der Waals surface area contributed by atoms with Crippen molar-refractivity contribution >= 4 is 29.4 Å². The van der Waals surface area contributed by atoms with Crippen molar-refractivity contribution in [2.24, 2.45) is 0 Å². The van der Waals surface area contributed by atoms with Crippen molar-refractivity contribution in [2.75, 3.05) is 13.6 Å². The number of hydrogen-bond acceptors (Lipinski definition) is 3. The molecule has 1 aliphatic rings. The highest BCUT2D eigenvalue weighted by Crippen LogP contribution is 2.14. The topological polar surface area (TPSA) is 69.7 Å². The van der Waals surface area contributed by atoms with E-state index in [1.165, 1.54) is 4.90 Å². The molecule has 4 amide bonds. The Morgan fingerprint density at radius 3 is 2.78 bits per heavy atom. The highest BCUT2D eigenvalue weighted by molar-refractivity contribution is 6.30. The maximum absolute atomic E-state index is 12.3. The van der Waals surface area contributed by atoms with Crippen LogP contribution in [0.3, 0.4) is 0 Å². The van der Waals surface area contributed by atoms with E-state index in [1.54, 1.807) is 19.2 Å². The van der Waals surface area contributed by atoms with E-state index >= 15 is 0 Å². The van der Waals surface area contributed by atoms with Gasteiger partial charge in [0.2, 0.25) is 5.91 Å². The number of hydrogen-bond donors (Lipinski definition) is 1. The van der Waals surface area contributed by atoms with Crippen molar-refractivity contribution in [3.63, 3.8) is 0 Å². The minimum Gasteiger partial charge on any atom is -0.340 e. The number of nitrogens with one attached hydrogen (secondary N) is 1. The smallest absolute Gasteiger partial charge is 0.325 e. The molecule has 0 bridgehead atoms. The Bertz CT molecular complexity index is 620. The van der Waals surface area contributed by atoms with Crippen LogP contribution >= 0.6 is 11.6 Å². The number of urea groups is 1. The molecule has 1 N–H and O–H groups in total. The van der Waals surface area contributed by atoms with Gasteiger partial charge in [-0.15, -0.1) is 0 Å². The first-order chi connectivity index (χ1) is 10.9. The zero-order valence-corrected chi connectivity index (χ0v) is 14.0. The van der Waals surface area contributed by atoms with Crippen LogP contribution in [-0.4, -0.2) is 47.3 Å². The first kappa shape index (κ1) is 17.3. The lowest BCUT2D eigenvalue weighted by Crippen LogP contribution is -2.41. The van der Waals surface area contributed by atoms with Crippen molar-refractivity contribution in [2.45, 2.75) is 32.4 Å². The third-order valence-electron chi connectivity index (χ3n) is 3.71. The number of carbonyl (C=O) groups excluding carboxylic acids is 3. The van der Waals surface area contributed by atoms with Gasteiger partial charge in [0.15, 0.2) is 0 Å². The van der Waals surface area contributed by atoms with Crippen LogP contribution in [0.1, 0.15) is 25.3 Å². The van der Waals surface area contributed by atoms with Gasteiger partial charge in [0.25, 0.3) is 5.91 Å². The number of halogens is 1. The Kier molecular flexibility index (Phi) is 5.60.